The van der Waals surface area contributed by atoms with Crippen molar-refractivity contribution in [2.24, 2.45) is 0 Å². The van der Waals surface area contributed by atoms with Crippen molar-refractivity contribution in [1.82, 2.24) is 4.90 Å². The lowest BCUT2D eigenvalue weighted by atomic mass is 10.2. The van der Waals surface area contributed by atoms with Gasteiger partial charge in [0.1, 0.15) is 0 Å². The summed E-state index contributed by atoms with van der Waals surface area (Å²) in [5, 5.41) is 0. The van der Waals surface area contributed by atoms with Crippen LogP contribution in [0.2, 0.25) is 0 Å². The topological polar surface area (TPSA) is 90.2 Å². The smallest absolute Gasteiger partial charge is 0.380 e. The molecule has 0 fully saturated rings. The maximum absolute atomic E-state index is 8.88. The molecular formula is C12H30NO5P. The Hall–Kier alpha value is 0.0300. The molecule has 0 aliphatic rings. The number of rotatable bonds is 10. The van der Waals surface area contributed by atoms with Gasteiger partial charge in [0, 0.05) is 13.2 Å². The Morgan fingerprint density at radius 2 is 1.47 bits per heavy atom. The minimum Gasteiger partial charge on any atom is -0.380 e. The minimum atomic E-state index is -4.64. The Bertz CT molecular complexity index is 210. The van der Waals surface area contributed by atoms with Gasteiger partial charge in [-0.1, -0.05) is 40.0 Å². The second-order valence-corrected chi connectivity index (χ2v) is 5.24. The molecule has 0 aromatic carbocycles. The molecule has 6 nitrogen and oxygen atoms in total. The molecule has 0 bridgehead atoms. The summed E-state index contributed by atoms with van der Waals surface area (Å²) in [7, 11) is -4.64. The molecule has 3 N–H and O–H groups in total. The first-order chi connectivity index (χ1) is 8.85. The second-order valence-electron chi connectivity index (χ2n) is 4.21. The molecule has 0 radical (unpaired) electrons. The molecule has 0 aliphatic carbocycles. The molecule has 0 amide bonds. The monoisotopic (exact) mass is 299 g/mol. The van der Waals surface area contributed by atoms with E-state index in [-0.39, 0.29) is 0 Å². The van der Waals surface area contributed by atoms with E-state index in [0.29, 0.717) is 0 Å². The van der Waals surface area contributed by atoms with Gasteiger partial charge in [0.05, 0.1) is 6.61 Å². The zero-order valence-electron chi connectivity index (χ0n) is 12.4. The number of ether oxygens (including phenoxy) is 1. The number of hydrogen-bond donors (Lipinski definition) is 3. The first kappa shape index (κ1) is 21.3. The molecule has 0 spiro atoms. The van der Waals surface area contributed by atoms with Crippen LogP contribution in [0.5, 0.6) is 0 Å². The number of likely N-dealkylation sites (N-methyl/N-ethyl adjacent to an activating group) is 1. The summed E-state index contributed by atoms with van der Waals surface area (Å²) in [5.74, 6) is 0. The normalized spacial score (nSPS) is 11.3. The molecular weight excluding hydrogens is 269 g/mol. The van der Waals surface area contributed by atoms with E-state index in [9.17, 15) is 0 Å². The zero-order valence-corrected chi connectivity index (χ0v) is 13.3. The van der Waals surface area contributed by atoms with Crippen LogP contribution in [0, 0.1) is 0 Å². The summed E-state index contributed by atoms with van der Waals surface area (Å²) in [6, 6.07) is 0. The standard InChI is InChI=1S/C12H27NO.H3O4P/c1-4-7-8-9-11-14-12-10-13(5-2)6-3;1-5(2,3)4/h4-12H2,1-3H3;(H3,1,2,3,4). The highest BCUT2D eigenvalue weighted by atomic mass is 31.2. The van der Waals surface area contributed by atoms with Crippen LogP contribution in [0.4, 0.5) is 0 Å². The Morgan fingerprint density at radius 1 is 0.947 bits per heavy atom. The van der Waals surface area contributed by atoms with Crippen molar-refractivity contribution >= 4 is 7.82 Å². The van der Waals surface area contributed by atoms with Crippen molar-refractivity contribution < 1.29 is 24.0 Å². The van der Waals surface area contributed by atoms with Crippen molar-refractivity contribution in [2.45, 2.75) is 46.5 Å². The van der Waals surface area contributed by atoms with E-state index in [1.54, 1.807) is 0 Å². The molecule has 19 heavy (non-hydrogen) atoms. The molecule has 7 heteroatoms. The van der Waals surface area contributed by atoms with E-state index in [2.05, 4.69) is 25.7 Å². The summed E-state index contributed by atoms with van der Waals surface area (Å²) >= 11 is 0. The van der Waals surface area contributed by atoms with E-state index < -0.39 is 7.82 Å². The highest BCUT2D eigenvalue weighted by molar-refractivity contribution is 7.45. The number of phosphoric acid groups is 1. The lowest BCUT2D eigenvalue weighted by molar-refractivity contribution is 0.104. The molecule has 0 rings (SSSR count). The van der Waals surface area contributed by atoms with Crippen molar-refractivity contribution in [3.8, 4) is 0 Å². The van der Waals surface area contributed by atoms with Crippen LogP contribution in [0.25, 0.3) is 0 Å². The van der Waals surface area contributed by atoms with E-state index in [0.717, 1.165) is 32.8 Å². The zero-order chi connectivity index (χ0) is 15.1. The molecule has 0 saturated carbocycles. The average molecular weight is 299 g/mol. The van der Waals surface area contributed by atoms with E-state index in [1.165, 1.54) is 25.7 Å². The van der Waals surface area contributed by atoms with E-state index in [4.69, 9.17) is 24.0 Å². The SMILES string of the molecule is CCCCCCOCCN(CC)CC.O=P(O)(O)O. The summed E-state index contributed by atoms with van der Waals surface area (Å²) in [5.41, 5.74) is 0. The van der Waals surface area contributed by atoms with Crippen molar-refractivity contribution in [3.63, 3.8) is 0 Å². The Labute approximate surface area is 117 Å². The number of hydrogen-bond acceptors (Lipinski definition) is 3. The van der Waals surface area contributed by atoms with Crippen LogP contribution in [0.1, 0.15) is 46.5 Å². The van der Waals surface area contributed by atoms with Gasteiger partial charge in [0.25, 0.3) is 0 Å². The van der Waals surface area contributed by atoms with Gasteiger partial charge in [-0.3, -0.25) is 0 Å². The molecule has 0 aromatic heterocycles. The van der Waals surface area contributed by atoms with Crippen molar-refractivity contribution in [2.75, 3.05) is 32.8 Å². The third kappa shape index (κ3) is 27.3. The van der Waals surface area contributed by atoms with Gasteiger partial charge in [-0.15, -0.1) is 0 Å². The molecule has 118 valence electrons. The predicted octanol–water partition coefficient (Wildman–Crippen LogP) is 2.00. The summed E-state index contributed by atoms with van der Waals surface area (Å²) in [4.78, 5) is 24.0. The summed E-state index contributed by atoms with van der Waals surface area (Å²) in [6.07, 6.45) is 5.20. The van der Waals surface area contributed by atoms with Crippen molar-refractivity contribution in [3.05, 3.63) is 0 Å². The predicted molar refractivity (Wildman–Crippen MR) is 77.0 cm³/mol. The average Bonchev–Trinajstić information content (AvgIpc) is 2.31. The van der Waals surface area contributed by atoms with Gasteiger partial charge < -0.3 is 24.3 Å². The number of unbranched alkanes of at least 4 members (excludes halogenated alkanes) is 3. The Balaban J connectivity index is 0. The van der Waals surface area contributed by atoms with E-state index >= 15 is 0 Å². The van der Waals surface area contributed by atoms with Crippen LogP contribution >= 0.6 is 7.82 Å². The van der Waals surface area contributed by atoms with Gasteiger partial charge in [-0.2, -0.15) is 0 Å². The minimum absolute atomic E-state index is 0.897. The van der Waals surface area contributed by atoms with Crippen LogP contribution < -0.4 is 0 Å². The van der Waals surface area contributed by atoms with E-state index in [1.807, 2.05) is 0 Å². The maximum atomic E-state index is 8.88. The first-order valence-corrected chi connectivity index (χ1v) is 8.50. The highest BCUT2D eigenvalue weighted by Gasteiger charge is 2.00. The van der Waals surface area contributed by atoms with Gasteiger partial charge in [-0.05, 0) is 19.5 Å². The van der Waals surface area contributed by atoms with Gasteiger partial charge in [0.2, 0.25) is 0 Å². The van der Waals surface area contributed by atoms with Gasteiger partial charge >= 0.3 is 7.82 Å². The van der Waals surface area contributed by atoms with Crippen LogP contribution in [0.15, 0.2) is 0 Å². The Morgan fingerprint density at radius 3 is 1.89 bits per heavy atom. The lowest BCUT2D eigenvalue weighted by Crippen LogP contribution is -2.27. The number of nitrogens with zero attached hydrogens (tertiary/aromatic N) is 1. The molecule has 0 heterocycles. The fraction of sp³-hybridized carbons (Fsp3) is 1.00. The Kier molecular flexibility index (Phi) is 16.2. The fourth-order valence-corrected chi connectivity index (χ4v) is 1.47. The molecule has 0 atom stereocenters. The fourth-order valence-electron chi connectivity index (χ4n) is 1.47. The lowest BCUT2D eigenvalue weighted by Gasteiger charge is -2.17. The largest absolute Gasteiger partial charge is 0.466 e. The molecule has 0 saturated heterocycles. The maximum Gasteiger partial charge on any atom is 0.466 e. The third-order valence-corrected chi connectivity index (χ3v) is 2.59. The molecule has 0 unspecified atom stereocenters. The summed E-state index contributed by atoms with van der Waals surface area (Å²) in [6.45, 7) is 11.8. The summed E-state index contributed by atoms with van der Waals surface area (Å²) < 4.78 is 14.5. The second kappa shape index (κ2) is 14.4. The van der Waals surface area contributed by atoms with Crippen molar-refractivity contribution in [1.29, 1.82) is 0 Å². The quantitative estimate of drug-likeness (QED) is 0.422. The molecule has 0 aliphatic heterocycles. The first-order valence-electron chi connectivity index (χ1n) is 6.93. The van der Waals surface area contributed by atoms with Crippen LogP contribution in [-0.2, 0) is 9.30 Å². The third-order valence-electron chi connectivity index (χ3n) is 2.59. The highest BCUT2D eigenvalue weighted by Crippen LogP contribution is 2.25. The van der Waals surface area contributed by atoms with Crippen LogP contribution in [-0.4, -0.2) is 52.4 Å². The van der Waals surface area contributed by atoms with Gasteiger partial charge in [-0.25, -0.2) is 4.57 Å². The molecule has 0 aromatic rings. The van der Waals surface area contributed by atoms with Crippen LogP contribution in [0.3, 0.4) is 0 Å². The van der Waals surface area contributed by atoms with Gasteiger partial charge in [0.15, 0.2) is 0 Å².